The van der Waals surface area contributed by atoms with Gasteiger partial charge in [-0.15, -0.1) is 0 Å². The van der Waals surface area contributed by atoms with E-state index in [1.807, 2.05) is 37.3 Å². The lowest BCUT2D eigenvalue weighted by atomic mass is 9.96. The van der Waals surface area contributed by atoms with Crippen molar-refractivity contribution in [1.29, 1.82) is 0 Å². The normalized spacial score (nSPS) is 17.0. The van der Waals surface area contributed by atoms with Crippen LogP contribution >= 0.6 is 0 Å². The van der Waals surface area contributed by atoms with Crippen molar-refractivity contribution in [3.05, 3.63) is 53.9 Å². The molecular formula is C20H26N4O4S. The summed E-state index contributed by atoms with van der Waals surface area (Å²) in [7, 11) is -2.17. The van der Waals surface area contributed by atoms with E-state index in [1.54, 1.807) is 7.05 Å². The van der Waals surface area contributed by atoms with E-state index in [0.717, 1.165) is 5.56 Å². The molecule has 156 valence electrons. The van der Waals surface area contributed by atoms with Gasteiger partial charge in [-0.2, -0.15) is 4.31 Å². The summed E-state index contributed by atoms with van der Waals surface area (Å²) in [6.45, 7) is 2.43. The maximum Gasteiger partial charge on any atom is 0.265 e. The lowest BCUT2D eigenvalue weighted by Crippen LogP contribution is -2.43. The highest BCUT2D eigenvalue weighted by Gasteiger charge is 2.33. The number of hydrogen-bond acceptors (Lipinski definition) is 4. The van der Waals surface area contributed by atoms with Crippen LogP contribution in [0.25, 0.3) is 0 Å². The van der Waals surface area contributed by atoms with Crippen molar-refractivity contribution >= 4 is 21.8 Å². The van der Waals surface area contributed by atoms with Crippen molar-refractivity contribution < 1.29 is 18.0 Å². The number of nitrogens with two attached hydrogens (primary N) is 1. The molecule has 1 aromatic carbocycles. The van der Waals surface area contributed by atoms with Crippen LogP contribution in [0.5, 0.6) is 0 Å². The third-order valence-electron chi connectivity index (χ3n) is 5.35. The van der Waals surface area contributed by atoms with Gasteiger partial charge >= 0.3 is 0 Å². The molecule has 0 bridgehead atoms. The zero-order valence-corrected chi connectivity index (χ0v) is 17.4. The van der Waals surface area contributed by atoms with Crippen LogP contribution in [0.4, 0.5) is 0 Å². The molecule has 0 saturated carbocycles. The fourth-order valence-corrected chi connectivity index (χ4v) is 5.13. The van der Waals surface area contributed by atoms with E-state index < -0.39 is 15.9 Å². The molecule has 3 rings (SSSR count). The first-order chi connectivity index (χ1) is 13.7. The van der Waals surface area contributed by atoms with Crippen LogP contribution in [0, 0.1) is 5.92 Å². The van der Waals surface area contributed by atoms with Crippen LogP contribution in [0.2, 0.25) is 0 Å². The molecule has 1 aromatic heterocycles. The topological polar surface area (TPSA) is 114 Å². The first-order valence-electron chi connectivity index (χ1n) is 9.52. The van der Waals surface area contributed by atoms with Gasteiger partial charge in [0.15, 0.2) is 0 Å². The van der Waals surface area contributed by atoms with E-state index in [4.69, 9.17) is 5.73 Å². The van der Waals surface area contributed by atoms with Crippen molar-refractivity contribution in [3.63, 3.8) is 0 Å². The molecule has 1 aliphatic rings. The number of carbonyl (C=O) groups is 2. The second-order valence-corrected chi connectivity index (χ2v) is 9.29. The van der Waals surface area contributed by atoms with E-state index in [0.29, 0.717) is 12.8 Å². The minimum Gasteiger partial charge on any atom is -0.364 e. The highest BCUT2D eigenvalue weighted by atomic mass is 32.2. The third kappa shape index (κ3) is 4.51. The summed E-state index contributed by atoms with van der Waals surface area (Å²) in [4.78, 5) is 24.0. The molecule has 0 unspecified atom stereocenters. The number of primary amides is 1. The van der Waals surface area contributed by atoms with Gasteiger partial charge in [0, 0.05) is 32.3 Å². The molecular weight excluding hydrogens is 392 g/mol. The Hall–Kier alpha value is -2.65. The standard InChI is InChI=1S/C20H26N4O4S/c1-14(15-6-4-3-5-7-15)22-20(26)16-8-10-24(11-9-16)29(27,28)17-12-18(19(21)25)23(2)13-17/h3-7,12-14,16H,8-11H2,1-2H3,(H2,21,25)(H,22,26)/t14-/m0/s1. The van der Waals surface area contributed by atoms with E-state index >= 15 is 0 Å². The van der Waals surface area contributed by atoms with Crippen LogP contribution in [0.15, 0.2) is 47.5 Å². The molecule has 1 atom stereocenters. The molecule has 3 N–H and O–H groups in total. The van der Waals surface area contributed by atoms with Crippen molar-refractivity contribution in [1.82, 2.24) is 14.2 Å². The number of aryl methyl sites for hydroxylation is 1. The highest BCUT2D eigenvalue weighted by Crippen LogP contribution is 2.25. The fraction of sp³-hybridized carbons (Fsp3) is 0.400. The molecule has 8 nitrogen and oxygen atoms in total. The highest BCUT2D eigenvalue weighted by molar-refractivity contribution is 7.89. The van der Waals surface area contributed by atoms with Gasteiger partial charge in [-0.25, -0.2) is 8.42 Å². The molecule has 9 heteroatoms. The molecule has 0 aliphatic carbocycles. The average Bonchev–Trinajstić information content (AvgIpc) is 3.11. The Labute approximate surface area is 170 Å². The number of nitrogens with zero attached hydrogens (tertiary/aromatic N) is 2. The number of sulfonamides is 1. The van der Waals surface area contributed by atoms with Crippen LogP contribution in [-0.2, 0) is 21.9 Å². The van der Waals surface area contributed by atoms with Crippen LogP contribution in [0.3, 0.4) is 0 Å². The third-order valence-corrected chi connectivity index (χ3v) is 7.22. The average molecular weight is 419 g/mol. The summed E-state index contributed by atoms with van der Waals surface area (Å²) in [6.07, 6.45) is 2.28. The Morgan fingerprint density at radius 2 is 1.79 bits per heavy atom. The molecule has 1 saturated heterocycles. The van der Waals surface area contributed by atoms with Crippen LogP contribution < -0.4 is 11.1 Å². The summed E-state index contributed by atoms with van der Waals surface area (Å²) in [5.74, 6) is -0.976. The minimum atomic E-state index is -3.74. The first kappa shape index (κ1) is 21.1. The summed E-state index contributed by atoms with van der Waals surface area (Å²) in [6, 6.07) is 10.9. The van der Waals surface area contributed by atoms with E-state index in [1.165, 1.54) is 21.1 Å². The predicted octanol–water partition coefficient (Wildman–Crippen LogP) is 1.40. The van der Waals surface area contributed by atoms with Gasteiger partial charge < -0.3 is 15.6 Å². The number of benzene rings is 1. The number of amides is 2. The van der Waals surface area contributed by atoms with Gasteiger partial charge in [0.25, 0.3) is 5.91 Å². The molecule has 0 spiro atoms. The zero-order valence-electron chi connectivity index (χ0n) is 16.5. The van der Waals surface area contributed by atoms with E-state index in [2.05, 4.69) is 5.32 Å². The number of nitrogens with one attached hydrogen (secondary N) is 1. The lowest BCUT2D eigenvalue weighted by Gasteiger charge is -2.31. The Morgan fingerprint density at radius 1 is 1.17 bits per heavy atom. The Morgan fingerprint density at radius 3 is 2.34 bits per heavy atom. The summed E-state index contributed by atoms with van der Waals surface area (Å²) >= 11 is 0. The van der Waals surface area contributed by atoms with Gasteiger partial charge in [0.2, 0.25) is 15.9 Å². The molecule has 2 heterocycles. The zero-order chi connectivity index (χ0) is 21.2. The Kier molecular flexibility index (Phi) is 6.09. The maximum atomic E-state index is 12.9. The molecule has 1 fully saturated rings. The second-order valence-electron chi connectivity index (χ2n) is 7.36. The quantitative estimate of drug-likeness (QED) is 0.738. The van der Waals surface area contributed by atoms with E-state index in [-0.39, 0.29) is 41.5 Å². The second kappa shape index (κ2) is 8.38. The first-order valence-corrected chi connectivity index (χ1v) is 11.0. The summed E-state index contributed by atoms with van der Waals surface area (Å²) < 4.78 is 28.5. The van der Waals surface area contributed by atoms with Crippen LogP contribution in [-0.4, -0.2) is 42.2 Å². The number of rotatable bonds is 6. The number of hydrogen-bond donors (Lipinski definition) is 2. The fourth-order valence-electron chi connectivity index (χ4n) is 3.58. The van der Waals surface area contributed by atoms with E-state index in [9.17, 15) is 18.0 Å². The Bertz CT molecular complexity index is 993. The van der Waals surface area contributed by atoms with Gasteiger partial charge in [-0.05, 0) is 31.4 Å². The predicted molar refractivity (Wildman–Crippen MR) is 108 cm³/mol. The summed E-state index contributed by atoms with van der Waals surface area (Å²) in [5, 5.41) is 3.01. The maximum absolute atomic E-state index is 12.9. The Balaban J connectivity index is 1.61. The minimum absolute atomic E-state index is 0.0365. The van der Waals surface area contributed by atoms with Crippen LogP contribution in [0.1, 0.15) is 41.9 Å². The van der Waals surface area contributed by atoms with Crippen molar-refractivity contribution in [2.24, 2.45) is 18.7 Å². The van der Waals surface area contributed by atoms with Gasteiger partial charge in [0.1, 0.15) is 10.6 Å². The monoisotopic (exact) mass is 418 g/mol. The van der Waals surface area contributed by atoms with Gasteiger partial charge in [-0.3, -0.25) is 9.59 Å². The number of aromatic nitrogens is 1. The molecule has 2 amide bonds. The SMILES string of the molecule is C[C@H](NC(=O)C1CCN(S(=O)(=O)c2cc(C(N)=O)n(C)c2)CC1)c1ccccc1. The molecule has 1 aliphatic heterocycles. The van der Waals surface area contributed by atoms with Gasteiger partial charge in [0.05, 0.1) is 6.04 Å². The lowest BCUT2D eigenvalue weighted by molar-refractivity contribution is -0.126. The summed E-state index contributed by atoms with van der Waals surface area (Å²) in [5.41, 5.74) is 6.43. The largest absolute Gasteiger partial charge is 0.364 e. The van der Waals surface area contributed by atoms with Gasteiger partial charge in [-0.1, -0.05) is 30.3 Å². The van der Waals surface area contributed by atoms with Crippen molar-refractivity contribution in [2.75, 3.05) is 13.1 Å². The smallest absolute Gasteiger partial charge is 0.265 e. The van der Waals surface area contributed by atoms with Crippen molar-refractivity contribution in [3.8, 4) is 0 Å². The molecule has 0 radical (unpaired) electrons. The number of carbonyl (C=O) groups excluding carboxylic acids is 2. The molecule has 2 aromatic rings. The number of piperidine rings is 1. The molecule has 29 heavy (non-hydrogen) atoms. The van der Waals surface area contributed by atoms with Crippen molar-refractivity contribution in [2.45, 2.75) is 30.7 Å².